The van der Waals surface area contributed by atoms with E-state index >= 15 is 0 Å². The van der Waals surface area contributed by atoms with Crippen LogP contribution < -0.4 is 5.32 Å². The van der Waals surface area contributed by atoms with Crippen LogP contribution in [0.15, 0.2) is 0 Å². The van der Waals surface area contributed by atoms with Crippen molar-refractivity contribution in [3.8, 4) is 0 Å². The number of nitrogens with one attached hydrogen (secondary N) is 1. The Morgan fingerprint density at radius 3 is 2.44 bits per heavy atom. The summed E-state index contributed by atoms with van der Waals surface area (Å²) in [4.78, 5) is 2.56. The van der Waals surface area contributed by atoms with Gasteiger partial charge in [0.05, 0.1) is 12.2 Å². The first-order chi connectivity index (χ1) is 7.58. The lowest BCUT2D eigenvalue weighted by Gasteiger charge is -2.19. The van der Waals surface area contributed by atoms with Gasteiger partial charge in [0, 0.05) is 6.54 Å². The smallest absolute Gasteiger partial charge is 0.0599 e. The van der Waals surface area contributed by atoms with Gasteiger partial charge in [-0.1, -0.05) is 0 Å². The maximum absolute atomic E-state index is 5.64. The molecule has 16 heavy (non-hydrogen) atoms. The van der Waals surface area contributed by atoms with E-state index in [2.05, 4.69) is 31.0 Å². The normalized spacial score (nSPS) is 18.2. The molecule has 0 bridgehead atoms. The van der Waals surface area contributed by atoms with Gasteiger partial charge in [0.15, 0.2) is 0 Å². The molecular weight excluding hydrogens is 200 g/mol. The predicted molar refractivity (Wildman–Crippen MR) is 68.9 cm³/mol. The second-order valence-electron chi connectivity index (χ2n) is 5.61. The molecule has 3 nitrogen and oxygen atoms in total. The number of nitrogens with zero attached hydrogens (tertiary/aromatic N) is 1. The third-order valence-electron chi connectivity index (χ3n) is 2.84. The minimum absolute atomic E-state index is 0.00275. The van der Waals surface area contributed by atoms with Crippen LogP contribution in [0.1, 0.15) is 40.0 Å². The molecule has 96 valence electrons. The zero-order valence-corrected chi connectivity index (χ0v) is 11.2. The van der Waals surface area contributed by atoms with Crippen molar-refractivity contribution in [2.45, 2.75) is 45.6 Å². The fourth-order valence-corrected chi connectivity index (χ4v) is 1.99. The van der Waals surface area contributed by atoms with E-state index in [1.165, 1.54) is 38.9 Å². The van der Waals surface area contributed by atoms with Crippen molar-refractivity contribution in [3.63, 3.8) is 0 Å². The predicted octanol–water partition coefficient (Wildman–Crippen LogP) is 1.88. The van der Waals surface area contributed by atoms with Crippen molar-refractivity contribution in [3.05, 3.63) is 0 Å². The highest BCUT2D eigenvalue weighted by atomic mass is 16.5. The molecule has 3 heteroatoms. The summed E-state index contributed by atoms with van der Waals surface area (Å²) in [5.74, 6) is 0. The molecule has 0 amide bonds. The van der Waals surface area contributed by atoms with E-state index in [4.69, 9.17) is 4.74 Å². The summed E-state index contributed by atoms with van der Waals surface area (Å²) < 4.78 is 5.64. The van der Waals surface area contributed by atoms with Crippen molar-refractivity contribution in [2.75, 3.05) is 39.3 Å². The number of hydrogen-bond acceptors (Lipinski definition) is 3. The molecule has 1 heterocycles. The van der Waals surface area contributed by atoms with Crippen molar-refractivity contribution >= 4 is 0 Å². The highest BCUT2D eigenvalue weighted by Crippen LogP contribution is 2.07. The van der Waals surface area contributed by atoms with Gasteiger partial charge in [0.25, 0.3) is 0 Å². The third-order valence-corrected chi connectivity index (χ3v) is 2.84. The van der Waals surface area contributed by atoms with Crippen LogP contribution in [0.25, 0.3) is 0 Å². The van der Waals surface area contributed by atoms with Crippen LogP contribution in [-0.4, -0.2) is 49.8 Å². The van der Waals surface area contributed by atoms with E-state index in [9.17, 15) is 0 Å². The summed E-state index contributed by atoms with van der Waals surface area (Å²) in [5, 5.41) is 3.43. The van der Waals surface area contributed by atoms with E-state index in [0.717, 1.165) is 19.7 Å². The van der Waals surface area contributed by atoms with Gasteiger partial charge >= 0.3 is 0 Å². The zero-order valence-electron chi connectivity index (χ0n) is 11.2. The van der Waals surface area contributed by atoms with Crippen molar-refractivity contribution in [1.29, 1.82) is 0 Å². The summed E-state index contributed by atoms with van der Waals surface area (Å²) in [7, 11) is 0. The van der Waals surface area contributed by atoms with Crippen LogP contribution in [0.3, 0.4) is 0 Å². The van der Waals surface area contributed by atoms with Gasteiger partial charge in [0.1, 0.15) is 0 Å². The summed E-state index contributed by atoms with van der Waals surface area (Å²) in [5.41, 5.74) is -0.00275. The average Bonchev–Trinajstić information content (AvgIpc) is 2.67. The van der Waals surface area contributed by atoms with Crippen molar-refractivity contribution in [2.24, 2.45) is 0 Å². The van der Waals surface area contributed by atoms with E-state index in [1.807, 2.05) is 0 Å². The Bertz CT molecular complexity index is 171. The molecule has 1 N–H and O–H groups in total. The van der Waals surface area contributed by atoms with E-state index < -0.39 is 0 Å². The Hall–Kier alpha value is -0.120. The molecule has 0 spiro atoms. The lowest BCUT2D eigenvalue weighted by Crippen LogP contribution is -2.29. The second kappa shape index (κ2) is 7.25. The van der Waals surface area contributed by atoms with E-state index in [0.29, 0.717) is 0 Å². The topological polar surface area (TPSA) is 24.5 Å². The Morgan fingerprint density at radius 1 is 1.12 bits per heavy atom. The Labute approximate surface area is 101 Å². The fraction of sp³-hybridized carbons (Fsp3) is 1.00. The average molecular weight is 228 g/mol. The molecule has 0 aromatic heterocycles. The maximum Gasteiger partial charge on any atom is 0.0599 e. The summed E-state index contributed by atoms with van der Waals surface area (Å²) in [6, 6.07) is 0. The molecule has 1 saturated heterocycles. The summed E-state index contributed by atoms with van der Waals surface area (Å²) in [6.07, 6.45) is 4.05. The Balaban J connectivity index is 1.81. The van der Waals surface area contributed by atoms with E-state index in [-0.39, 0.29) is 5.60 Å². The molecule has 0 aliphatic carbocycles. The van der Waals surface area contributed by atoms with Gasteiger partial charge in [0.2, 0.25) is 0 Å². The SMILES string of the molecule is CC(C)(C)OCCNCCCN1CCCC1. The lowest BCUT2D eigenvalue weighted by atomic mass is 10.2. The molecule has 0 radical (unpaired) electrons. The van der Waals surface area contributed by atoms with Crippen LogP contribution >= 0.6 is 0 Å². The van der Waals surface area contributed by atoms with Crippen molar-refractivity contribution < 1.29 is 4.74 Å². The van der Waals surface area contributed by atoms with Gasteiger partial charge in [-0.25, -0.2) is 0 Å². The molecule has 1 rings (SSSR count). The largest absolute Gasteiger partial charge is 0.375 e. The first kappa shape index (κ1) is 13.9. The molecule has 0 atom stereocenters. The molecule has 0 saturated carbocycles. The van der Waals surface area contributed by atoms with Gasteiger partial charge in [-0.2, -0.15) is 0 Å². The standard InChI is InChI=1S/C13H28N2O/c1-13(2,3)16-12-8-14-7-6-11-15-9-4-5-10-15/h14H,4-12H2,1-3H3. The molecule has 1 aliphatic rings. The molecular formula is C13H28N2O. The van der Waals surface area contributed by atoms with Gasteiger partial charge in [-0.3, -0.25) is 0 Å². The lowest BCUT2D eigenvalue weighted by molar-refractivity contribution is -0.000780. The Kier molecular flexibility index (Phi) is 6.32. The number of likely N-dealkylation sites (tertiary alicyclic amines) is 1. The number of rotatable bonds is 7. The fourth-order valence-electron chi connectivity index (χ4n) is 1.99. The number of ether oxygens (including phenoxy) is 1. The van der Waals surface area contributed by atoms with Crippen LogP contribution in [0, 0.1) is 0 Å². The monoisotopic (exact) mass is 228 g/mol. The molecule has 1 aliphatic heterocycles. The minimum Gasteiger partial charge on any atom is -0.375 e. The second-order valence-corrected chi connectivity index (χ2v) is 5.61. The quantitative estimate of drug-likeness (QED) is 0.673. The molecule has 0 aromatic rings. The number of hydrogen-bond donors (Lipinski definition) is 1. The van der Waals surface area contributed by atoms with Crippen LogP contribution in [-0.2, 0) is 4.74 Å². The van der Waals surface area contributed by atoms with Crippen LogP contribution in [0.4, 0.5) is 0 Å². The maximum atomic E-state index is 5.64. The first-order valence-electron chi connectivity index (χ1n) is 6.65. The molecule has 1 fully saturated rings. The highest BCUT2D eigenvalue weighted by molar-refractivity contribution is 4.66. The van der Waals surface area contributed by atoms with Gasteiger partial charge in [-0.15, -0.1) is 0 Å². The van der Waals surface area contributed by atoms with Crippen LogP contribution in [0.2, 0.25) is 0 Å². The first-order valence-corrected chi connectivity index (χ1v) is 6.65. The highest BCUT2D eigenvalue weighted by Gasteiger charge is 2.10. The van der Waals surface area contributed by atoms with E-state index in [1.54, 1.807) is 0 Å². The Morgan fingerprint density at radius 2 is 1.81 bits per heavy atom. The van der Waals surface area contributed by atoms with Gasteiger partial charge < -0.3 is 15.0 Å². The third kappa shape index (κ3) is 7.20. The summed E-state index contributed by atoms with van der Waals surface area (Å²) >= 11 is 0. The molecule has 0 aromatic carbocycles. The van der Waals surface area contributed by atoms with Crippen LogP contribution in [0.5, 0.6) is 0 Å². The van der Waals surface area contributed by atoms with Gasteiger partial charge in [-0.05, 0) is 66.2 Å². The zero-order chi connectivity index (χ0) is 11.9. The summed E-state index contributed by atoms with van der Waals surface area (Å²) in [6.45, 7) is 13.1. The van der Waals surface area contributed by atoms with Crippen molar-refractivity contribution in [1.82, 2.24) is 10.2 Å². The molecule has 0 unspecified atom stereocenters. The minimum atomic E-state index is -0.00275.